The van der Waals surface area contributed by atoms with Crippen molar-refractivity contribution in [3.8, 4) is 0 Å². The highest BCUT2D eigenvalue weighted by Gasteiger charge is 2.02. The minimum Gasteiger partial charge on any atom is -0.260 e. The monoisotopic (exact) mass is 226 g/mol. The topological polar surface area (TPSA) is 17.8 Å². The van der Waals surface area contributed by atoms with Crippen LogP contribution in [0.2, 0.25) is 0 Å². The molecule has 0 N–H and O–H groups in total. The van der Waals surface area contributed by atoms with E-state index >= 15 is 0 Å². The molecule has 0 aliphatic carbocycles. The van der Waals surface area contributed by atoms with E-state index in [9.17, 15) is 4.39 Å². The highest BCUT2D eigenvalue weighted by Crippen LogP contribution is 2.14. The average molecular weight is 226 g/mol. The quantitative estimate of drug-likeness (QED) is 0.656. The van der Waals surface area contributed by atoms with Crippen molar-refractivity contribution in [2.24, 2.45) is 0 Å². The zero-order valence-corrected chi connectivity index (χ0v) is 9.18. The molecule has 17 heavy (non-hydrogen) atoms. The van der Waals surface area contributed by atoms with E-state index in [4.69, 9.17) is 0 Å². The molecular weight excluding hydrogens is 215 g/mol. The molecule has 3 rings (SSSR count). The molecule has 0 amide bonds. The highest BCUT2D eigenvalue weighted by atomic mass is 19.1. The van der Waals surface area contributed by atoms with Gasteiger partial charge in [-0.15, -0.1) is 0 Å². The molecule has 3 heteroatoms. The van der Waals surface area contributed by atoms with Gasteiger partial charge in [0.25, 0.3) is 0 Å². The van der Waals surface area contributed by atoms with Crippen LogP contribution in [0.3, 0.4) is 0 Å². The molecule has 0 aliphatic heterocycles. The summed E-state index contributed by atoms with van der Waals surface area (Å²) >= 11 is 0. The Kier molecular flexibility index (Phi) is 2.37. The fourth-order valence-corrected chi connectivity index (χ4v) is 1.91. The molecule has 0 saturated carbocycles. The van der Waals surface area contributed by atoms with Crippen molar-refractivity contribution in [2.75, 3.05) is 0 Å². The summed E-state index contributed by atoms with van der Waals surface area (Å²) in [5.74, 6) is -0.209. The maximum absolute atomic E-state index is 12.8. The molecule has 0 aliphatic rings. The van der Waals surface area contributed by atoms with Crippen molar-refractivity contribution in [1.29, 1.82) is 0 Å². The Hall–Kier alpha value is -2.16. The molecule has 2 aromatic carbocycles. The molecule has 0 bridgehead atoms. The van der Waals surface area contributed by atoms with E-state index in [1.807, 2.05) is 35.1 Å². The number of hydrogen-bond donors (Lipinski definition) is 0. The fraction of sp³-hybridized carbons (Fsp3) is 0.0714. The first-order chi connectivity index (χ1) is 8.33. The Bertz CT molecular complexity index is 641. The van der Waals surface area contributed by atoms with Crippen LogP contribution >= 0.6 is 0 Å². The number of aromatic nitrogens is 2. The van der Waals surface area contributed by atoms with E-state index in [1.165, 1.54) is 12.1 Å². The predicted octanol–water partition coefficient (Wildman–Crippen LogP) is 3.22. The summed E-state index contributed by atoms with van der Waals surface area (Å²) in [6, 6.07) is 14.6. The van der Waals surface area contributed by atoms with Crippen molar-refractivity contribution in [1.82, 2.24) is 9.78 Å². The highest BCUT2D eigenvalue weighted by molar-refractivity contribution is 5.78. The van der Waals surface area contributed by atoms with Gasteiger partial charge in [0.1, 0.15) is 5.82 Å². The number of fused-ring (bicyclic) bond motifs is 1. The van der Waals surface area contributed by atoms with Gasteiger partial charge in [-0.25, -0.2) is 4.39 Å². The molecule has 1 aromatic heterocycles. The summed E-state index contributed by atoms with van der Waals surface area (Å²) in [6.45, 7) is 0.661. The van der Waals surface area contributed by atoms with Crippen LogP contribution < -0.4 is 0 Å². The Morgan fingerprint density at radius 2 is 1.76 bits per heavy atom. The third-order valence-corrected chi connectivity index (χ3v) is 2.80. The number of nitrogens with zero attached hydrogens (tertiary/aromatic N) is 2. The molecule has 84 valence electrons. The van der Waals surface area contributed by atoms with Crippen molar-refractivity contribution in [3.63, 3.8) is 0 Å². The number of benzene rings is 2. The lowest BCUT2D eigenvalue weighted by Crippen LogP contribution is -2.01. The lowest BCUT2D eigenvalue weighted by atomic mass is 10.2. The van der Waals surface area contributed by atoms with Gasteiger partial charge in [-0.2, -0.15) is 5.10 Å². The van der Waals surface area contributed by atoms with Crippen LogP contribution in [0, 0.1) is 5.82 Å². The van der Waals surface area contributed by atoms with Gasteiger partial charge in [0.2, 0.25) is 0 Å². The first-order valence-electron chi connectivity index (χ1n) is 5.48. The standard InChI is InChI=1S/C14H11FN2/c15-13-7-5-11(6-8-13)10-17-14-4-2-1-3-12(14)9-16-17/h1-9H,10H2. The SMILES string of the molecule is Fc1ccc(Cn2ncc3ccccc32)cc1. The molecule has 3 aromatic rings. The average Bonchev–Trinajstić information content (AvgIpc) is 2.76. The molecular formula is C14H11FN2. The maximum atomic E-state index is 12.8. The molecule has 0 radical (unpaired) electrons. The third kappa shape index (κ3) is 1.91. The number of para-hydroxylation sites is 1. The Balaban J connectivity index is 1.97. The second kappa shape index (κ2) is 4.01. The first kappa shape index (κ1) is 10.0. The van der Waals surface area contributed by atoms with E-state index in [-0.39, 0.29) is 5.82 Å². The van der Waals surface area contributed by atoms with Crippen LogP contribution in [0.25, 0.3) is 10.9 Å². The van der Waals surface area contributed by atoms with E-state index in [0.717, 1.165) is 16.5 Å². The predicted molar refractivity (Wildman–Crippen MR) is 65.2 cm³/mol. The molecule has 1 heterocycles. The van der Waals surface area contributed by atoms with Gasteiger partial charge in [0, 0.05) is 5.39 Å². The van der Waals surface area contributed by atoms with Gasteiger partial charge in [0.15, 0.2) is 0 Å². The molecule has 0 unspecified atom stereocenters. The van der Waals surface area contributed by atoms with Gasteiger partial charge in [0.05, 0.1) is 18.3 Å². The van der Waals surface area contributed by atoms with E-state index in [1.54, 1.807) is 12.1 Å². The molecule has 0 spiro atoms. The second-order valence-electron chi connectivity index (χ2n) is 3.99. The van der Waals surface area contributed by atoms with Gasteiger partial charge < -0.3 is 0 Å². The van der Waals surface area contributed by atoms with Gasteiger partial charge >= 0.3 is 0 Å². The minimum absolute atomic E-state index is 0.209. The van der Waals surface area contributed by atoms with Gasteiger partial charge in [-0.1, -0.05) is 30.3 Å². The zero-order chi connectivity index (χ0) is 11.7. The summed E-state index contributed by atoms with van der Waals surface area (Å²) < 4.78 is 14.7. The molecule has 0 saturated heterocycles. The summed E-state index contributed by atoms with van der Waals surface area (Å²) in [5.41, 5.74) is 2.14. The van der Waals surface area contributed by atoms with Crippen LogP contribution in [-0.4, -0.2) is 9.78 Å². The van der Waals surface area contributed by atoms with Crippen molar-refractivity contribution < 1.29 is 4.39 Å². The van der Waals surface area contributed by atoms with Gasteiger partial charge in [-0.3, -0.25) is 4.68 Å². The lowest BCUT2D eigenvalue weighted by Gasteiger charge is -2.03. The Morgan fingerprint density at radius 3 is 2.59 bits per heavy atom. The normalized spacial score (nSPS) is 10.9. The first-order valence-corrected chi connectivity index (χ1v) is 5.48. The smallest absolute Gasteiger partial charge is 0.123 e. The summed E-state index contributed by atoms with van der Waals surface area (Å²) in [4.78, 5) is 0. The largest absolute Gasteiger partial charge is 0.260 e. The van der Waals surface area contributed by atoms with Crippen LogP contribution in [0.15, 0.2) is 54.7 Å². The van der Waals surface area contributed by atoms with E-state index < -0.39 is 0 Å². The third-order valence-electron chi connectivity index (χ3n) is 2.80. The van der Waals surface area contributed by atoms with Crippen LogP contribution in [0.4, 0.5) is 4.39 Å². The van der Waals surface area contributed by atoms with Crippen molar-refractivity contribution in [2.45, 2.75) is 6.54 Å². The number of rotatable bonds is 2. The molecule has 2 nitrogen and oxygen atoms in total. The maximum Gasteiger partial charge on any atom is 0.123 e. The minimum atomic E-state index is -0.209. The summed E-state index contributed by atoms with van der Waals surface area (Å²) in [6.07, 6.45) is 1.85. The van der Waals surface area contributed by atoms with Crippen molar-refractivity contribution in [3.05, 3.63) is 66.1 Å². The van der Waals surface area contributed by atoms with Crippen molar-refractivity contribution >= 4 is 10.9 Å². The zero-order valence-electron chi connectivity index (χ0n) is 9.18. The Labute approximate surface area is 98.3 Å². The summed E-state index contributed by atoms with van der Waals surface area (Å²) in [5, 5.41) is 5.46. The molecule has 0 atom stereocenters. The van der Waals surface area contributed by atoms with Crippen LogP contribution in [0.5, 0.6) is 0 Å². The van der Waals surface area contributed by atoms with E-state index in [0.29, 0.717) is 6.54 Å². The molecule has 0 fully saturated rings. The van der Waals surface area contributed by atoms with Crippen LogP contribution in [-0.2, 0) is 6.54 Å². The fourth-order valence-electron chi connectivity index (χ4n) is 1.91. The van der Waals surface area contributed by atoms with Gasteiger partial charge in [-0.05, 0) is 23.8 Å². The number of hydrogen-bond acceptors (Lipinski definition) is 1. The van der Waals surface area contributed by atoms with Crippen LogP contribution in [0.1, 0.15) is 5.56 Å². The summed E-state index contributed by atoms with van der Waals surface area (Å²) in [7, 11) is 0. The second-order valence-corrected chi connectivity index (χ2v) is 3.99. The van der Waals surface area contributed by atoms with E-state index in [2.05, 4.69) is 5.10 Å². The Morgan fingerprint density at radius 1 is 1.00 bits per heavy atom. The lowest BCUT2D eigenvalue weighted by molar-refractivity contribution is 0.625. The number of halogens is 1.